The van der Waals surface area contributed by atoms with Gasteiger partial charge in [-0.15, -0.1) is 11.3 Å². The standard InChI is InChI=1S/C10H13N3O2S/c11-7-5-1-2-15-9(5)8(7)13-10(14)6-3-12-4-16-6/h3-5,7-9H,1-2,11H2,(H,13,14). The third kappa shape index (κ3) is 1.45. The quantitative estimate of drug-likeness (QED) is 0.761. The lowest BCUT2D eigenvalue weighted by atomic mass is 9.72. The van der Waals surface area contributed by atoms with E-state index in [9.17, 15) is 4.79 Å². The molecular weight excluding hydrogens is 226 g/mol. The fraction of sp³-hybridized carbons (Fsp3) is 0.600. The fourth-order valence-corrected chi connectivity index (χ4v) is 3.00. The Hall–Kier alpha value is -0.980. The van der Waals surface area contributed by atoms with Crippen LogP contribution in [-0.2, 0) is 4.74 Å². The van der Waals surface area contributed by atoms with Gasteiger partial charge >= 0.3 is 0 Å². The van der Waals surface area contributed by atoms with Crippen LogP contribution in [0.4, 0.5) is 0 Å². The minimum Gasteiger partial charge on any atom is -0.376 e. The number of ether oxygens (including phenoxy) is 1. The molecule has 1 aliphatic carbocycles. The predicted molar refractivity (Wildman–Crippen MR) is 59.2 cm³/mol. The predicted octanol–water partition coefficient (Wildman–Crippen LogP) is -0.0125. The van der Waals surface area contributed by atoms with Crippen molar-refractivity contribution in [2.75, 3.05) is 6.61 Å². The van der Waals surface area contributed by atoms with Gasteiger partial charge in [-0.05, 0) is 6.42 Å². The first-order valence-electron chi connectivity index (χ1n) is 5.34. The Kier molecular flexibility index (Phi) is 2.42. The molecule has 0 spiro atoms. The van der Waals surface area contributed by atoms with E-state index in [0.29, 0.717) is 10.8 Å². The molecule has 0 radical (unpaired) electrons. The molecule has 6 heteroatoms. The first kappa shape index (κ1) is 10.2. The monoisotopic (exact) mass is 239 g/mol. The third-order valence-corrected chi connectivity index (χ3v) is 4.17. The van der Waals surface area contributed by atoms with E-state index in [1.807, 2.05) is 0 Å². The van der Waals surface area contributed by atoms with E-state index >= 15 is 0 Å². The van der Waals surface area contributed by atoms with Gasteiger partial charge in [0, 0.05) is 18.6 Å². The molecule has 1 aromatic rings. The van der Waals surface area contributed by atoms with Gasteiger partial charge < -0.3 is 15.8 Å². The molecule has 4 unspecified atom stereocenters. The summed E-state index contributed by atoms with van der Waals surface area (Å²) in [6.45, 7) is 0.760. The van der Waals surface area contributed by atoms with Crippen LogP contribution < -0.4 is 11.1 Å². The molecule has 2 heterocycles. The minimum atomic E-state index is -0.100. The highest BCUT2D eigenvalue weighted by Crippen LogP contribution is 2.37. The topological polar surface area (TPSA) is 77.2 Å². The maximum Gasteiger partial charge on any atom is 0.263 e. The molecule has 86 valence electrons. The normalized spacial score (nSPS) is 36.6. The molecule has 3 rings (SSSR count). The number of nitrogens with two attached hydrogens (primary N) is 1. The van der Waals surface area contributed by atoms with Gasteiger partial charge in [-0.1, -0.05) is 0 Å². The molecule has 2 fully saturated rings. The van der Waals surface area contributed by atoms with Gasteiger partial charge in [0.2, 0.25) is 0 Å². The highest BCUT2D eigenvalue weighted by Gasteiger charge is 2.52. The lowest BCUT2D eigenvalue weighted by Crippen LogP contribution is -2.68. The largest absolute Gasteiger partial charge is 0.376 e. The number of nitrogens with one attached hydrogen (secondary N) is 1. The van der Waals surface area contributed by atoms with Crippen molar-refractivity contribution >= 4 is 17.2 Å². The molecule has 2 aliphatic rings. The van der Waals surface area contributed by atoms with Crippen molar-refractivity contribution in [1.82, 2.24) is 10.3 Å². The van der Waals surface area contributed by atoms with Gasteiger partial charge in [0.1, 0.15) is 4.88 Å². The zero-order valence-electron chi connectivity index (χ0n) is 8.63. The van der Waals surface area contributed by atoms with Crippen LogP contribution in [-0.4, -0.2) is 35.7 Å². The number of carbonyl (C=O) groups is 1. The van der Waals surface area contributed by atoms with E-state index in [1.165, 1.54) is 11.3 Å². The van der Waals surface area contributed by atoms with Crippen molar-refractivity contribution in [3.8, 4) is 0 Å². The second-order valence-corrected chi connectivity index (χ2v) is 5.12. The first-order chi connectivity index (χ1) is 7.77. The van der Waals surface area contributed by atoms with Gasteiger partial charge in [-0.25, -0.2) is 0 Å². The number of hydrogen-bond acceptors (Lipinski definition) is 5. The van der Waals surface area contributed by atoms with Crippen LogP contribution >= 0.6 is 11.3 Å². The summed E-state index contributed by atoms with van der Waals surface area (Å²) in [5, 5.41) is 2.92. The molecule has 16 heavy (non-hydrogen) atoms. The average Bonchev–Trinajstić information content (AvgIpc) is 2.94. The van der Waals surface area contributed by atoms with Crippen LogP contribution in [0, 0.1) is 5.92 Å². The number of nitrogens with zero attached hydrogens (tertiary/aromatic N) is 1. The molecule has 1 aliphatic heterocycles. The van der Waals surface area contributed by atoms with Crippen LogP contribution in [0.15, 0.2) is 11.7 Å². The summed E-state index contributed by atoms with van der Waals surface area (Å²) in [6, 6.07) is -0.00790. The van der Waals surface area contributed by atoms with E-state index in [4.69, 9.17) is 10.5 Å². The Balaban J connectivity index is 1.65. The Morgan fingerprint density at radius 1 is 1.69 bits per heavy atom. The van der Waals surface area contributed by atoms with Crippen LogP contribution in [0.3, 0.4) is 0 Å². The number of rotatable bonds is 2. The average molecular weight is 239 g/mol. The summed E-state index contributed by atoms with van der Waals surface area (Å²) in [6.07, 6.45) is 2.70. The molecule has 1 saturated carbocycles. The lowest BCUT2D eigenvalue weighted by molar-refractivity contribution is -0.0160. The van der Waals surface area contributed by atoms with Gasteiger partial charge in [0.15, 0.2) is 0 Å². The number of amides is 1. The second-order valence-electron chi connectivity index (χ2n) is 4.23. The van der Waals surface area contributed by atoms with Crippen LogP contribution in [0.2, 0.25) is 0 Å². The molecule has 3 N–H and O–H groups in total. The van der Waals surface area contributed by atoms with Crippen molar-refractivity contribution in [1.29, 1.82) is 0 Å². The summed E-state index contributed by atoms with van der Waals surface area (Å²) in [4.78, 5) is 16.3. The van der Waals surface area contributed by atoms with E-state index in [-0.39, 0.29) is 24.1 Å². The molecule has 4 atom stereocenters. The van der Waals surface area contributed by atoms with E-state index in [1.54, 1.807) is 11.7 Å². The highest BCUT2D eigenvalue weighted by molar-refractivity contribution is 7.11. The molecule has 1 saturated heterocycles. The smallest absolute Gasteiger partial charge is 0.263 e. The first-order valence-corrected chi connectivity index (χ1v) is 6.22. The van der Waals surface area contributed by atoms with Gasteiger partial charge in [0.05, 0.1) is 23.9 Å². The minimum absolute atomic E-state index is 0.0318. The Morgan fingerprint density at radius 2 is 2.56 bits per heavy atom. The van der Waals surface area contributed by atoms with Crippen LogP contribution in [0.1, 0.15) is 16.1 Å². The zero-order chi connectivity index (χ0) is 11.1. The van der Waals surface area contributed by atoms with E-state index in [2.05, 4.69) is 10.3 Å². The molecule has 1 aromatic heterocycles. The lowest BCUT2D eigenvalue weighted by Gasteiger charge is -2.45. The Labute approximate surface area is 97.0 Å². The number of fused-ring (bicyclic) bond motifs is 1. The van der Waals surface area contributed by atoms with E-state index in [0.717, 1.165) is 13.0 Å². The van der Waals surface area contributed by atoms with Crippen molar-refractivity contribution in [3.05, 3.63) is 16.6 Å². The summed E-state index contributed by atoms with van der Waals surface area (Å²) < 4.78 is 5.55. The van der Waals surface area contributed by atoms with Crippen LogP contribution in [0.5, 0.6) is 0 Å². The summed E-state index contributed by atoms with van der Waals surface area (Å²) in [5.41, 5.74) is 7.65. The molecule has 0 bridgehead atoms. The highest BCUT2D eigenvalue weighted by atomic mass is 32.1. The van der Waals surface area contributed by atoms with Crippen molar-refractivity contribution in [3.63, 3.8) is 0 Å². The van der Waals surface area contributed by atoms with Gasteiger partial charge in [0.25, 0.3) is 5.91 Å². The molecule has 1 amide bonds. The SMILES string of the molecule is NC1C2CCOC2C1NC(=O)c1cncs1. The second kappa shape index (κ2) is 3.80. The fourth-order valence-electron chi connectivity index (χ4n) is 2.48. The Morgan fingerprint density at radius 3 is 3.31 bits per heavy atom. The Bertz CT molecular complexity index is 395. The third-order valence-electron chi connectivity index (χ3n) is 3.40. The van der Waals surface area contributed by atoms with Crippen LogP contribution in [0.25, 0.3) is 0 Å². The summed E-state index contributed by atoms with van der Waals surface area (Å²) >= 11 is 1.33. The number of carbonyl (C=O) groups excluding carboxylic acids is 1. The number of aromatic nitrogens is 1. The maximum absolute atomic E-state index is 11.8. The van der Waals surface area contributed by atoms with E-state index < -0.39 is 0 Å². The molecular formula is C10H13N3O2S. The zero-order valence-corrected chi connectivity index (χ0v) is 9.44. The van der Waals surface area contributed by atoms with Crippen molar-refractivity contribution in [2.45, 2.75) is 24.6 Å². The summed E-state index contributed by atoms with van der Waals surface area (Å²) in [5.74, 6) is 0.323. The van der Waals surface area contributed by atoms with Crippen molar-refractivity contribution < 1.29 is 9.53 Å². The maximum atomic E-state index is 11.8. The molecule has 5 nitrogen and oxygen atoms in total. The van der Waals surface area contributed by atoms with Crippen molar-refractivity contribution in [2.24, 2.45) is 11.7 Å². The molecule has 0 aromatic carbocycles. The number of thiazole rings is 1. The van der Waals surface area contributed by atoms with Gasteiger partial charge in [-0.2, -0.15) is 0 Å². The number of hydrogen-bond donors (Lipinski definition) is 2. The van der Waals surface area contributed by atoms with Gasteiger partial charge in [-0.3, -0.25) is 9.78 Å². The summed E-state index contributed by atoms with van der Waals surface area (Å²) in [7, 11) is 0.